The topological polar surface area (TPSA) is 26.0 Å². The Labute approximate surface area is 88.2 Å². The van der Waals surface area contributed by atoms with Gasteiger partial charge in [0, 0.05) is 6.42 Å². The highest BCUT2D eigenvalue weighted by Crippen LogP contribution is 2.22. The number of hydrogen-bond acceptors (Lipinski definition) is 1. The van der Waals surface area contributed by atoms with Gasteiger partial charge in [0.05, 0.1) is 11.0 Å². The second-order valence-electron chi connectivity index (χ2n) is 2.99. The first-order valence-corrected chi connectivity index (χ1v) is 4.76. The molecule has 1 aromatic rings. The first-order chi connectivity index (χ1) is 6.44. The molecule has 5 heteroatoms. The molecule has 0 amide bonds. The number of nitrogens with two attached hydrogens (primary N) is 1. The fourth-order valence-corrected chi connectivity index (χ4v) is 1.45. The van der Waals surface area contributed by atoms with Crippen molar-refractivity contribution in [3.05, 3.63) is 34.1 Å². The molecule has 0 fully saturated rings. The molecule has 0 spiro atoms. The monoisotopic (exact) mass is 267 g/mol. The van der Waals surface area contributed by atoms with Gasteiger partial charge in [-0.2, -0.15) is 0 Å². The van der Waals surface area contributed by atoms with Crippen molar-refractivity contribution in [2.75, 3.05) is 6.54 Å². The molecule has 0 saturated heterocycles. The second kappa shape index (κ2) is 4.31. The highest BCUT2D eigenvalue weighted by Gasteiger charge is 2.27. The van der Waals surface area contributed by atoms with Gasteiger partial charge < -0.3 is 5.73 Å². The average molecular weight is 268 g/mol. The normalized spacial score (nSPS) is 11.8. The van der Waals surface area contributed by atoms with E-state index in [2.05, 4.69) is 15.9 Å². The highest BCUT2D eigenvalue weighted by molar-refractivity contribution is 9.10. The first kappa shape index (κ1) is 11.5. The minimum Gasteiger partial charge on any atom is -0.325 e. The van der Waals surface area contributed by atoms with Crippen LogP contribution in [-0.4, -0.2) is 12.5 Å². The molecule has 0 aliphatic heterocycles. The Morgan fingerprint density at radius 2 is 2.00 bits per heavy atom. The van der Waals surface area contributed by atoms with E-state index in [1.54, 1.807) is 0 Å². The lowest BCUT2D eigenvalue weighted by molar-refractivity contribution is 0.0114. The molecule has 1 rings (SSSR count). The molecule has 1 aromatic carbocycles. The van der Waals surface area contributed by atoms with Gasteiger partial charge in [-0.1, -0.05) is 6.07 Å². The van der Waals surface area contributed by atoms with E-state index >= 15 is 0 Å². The molecule has 0 bridgehead atoms. The number of hydrogen-bond donors (Lipinski definition) is 1. The summed E-state index contributed by atoms with van der Waals surface area (Å²) in [7, 11) is 0. The molecule has 0 aromatic heterocycles. The Morgan fingerprint density at radius 3 is 2.50 bits per heavy atom. The van der Waals surface area contributed by atoms with Crippen molar-refractivity contribution in [3.8, 4) is 0 Å². The van der Waals surface area contributed by atoms with Gasteiger partial charge >= 0.3 is 0 Å². The van der Waals surface area contributed by atoms with Crippen LogP contribution in [0.3, 0.4) is 0 Å². The summed E-state index contributed by atoms with van der Waals surface area (Å²) in [6, 6.07) is 3.80. The summed E-state index contributed by atoms with van der Waals surface area (Å²) in [4.78, 5) is 0. The number of alkyl halides is 2. The maximum absolute atomic E-state index is 12.8. The van der Waals surface area contributed by atoms with E-state index in [9.17, 15) is 13.2 Å². The van der Waals surface area contributed by atoms with Crippen LogP contribution < -0.4 is 5.73 Å². The van der Waals surface area contributed by atoms with Crippen molar-refractivity contribution in [1.29, 1.82) is 0 Å². The van der Waals surface area contributed by atoms with Crippen LogP contribution in [0.1, 0.15) is 5.56 Å². The smallest absolute Gasteiger partial charge is 0.264 e. The molecular formula is C9H9BrF3N. The summed E-state index contributed by atoms with van der Waals surface area (Å²) in [5, 5.41) is 0. The van der Waals surface area contributed by atoms with E-state index in [-0.39, 0.29) is 4.47 Å². The van der Waals surface area contributed by atoms with Gasteiger partial charge in [-0.15, -0.1) is 0 Å². The molecule has 0 aliphatic rings. The van der Waals surface area contributed by atoms with E-state index in [0.29, 0.717) is 5.56 Å². The van der Waals surface area contributed by atoms with Crippen molar-refractivity contribution in [2.45, 2.75) is 12.3 Å². The number of benzene rings is 1. The Morgan fingerprint density at radius 1 is 1.36 bits per heavy atom. The average Bonchev–Trinajstić information content (AvgIpc) is 2.11. The standard InChI is InChI=1S/C9H9BrF3N/c10-7-3-6(1-2-8(7)11)4-9(12,13)5-14/h1-3H,4-5,14H2. The van der Waals surface area contributed by atoms with Gasteiger partial charge in [-0.25, -0.2) is 13.2 Å². The summed E-state index contributed by atoms with van der Waals surface area (Å²) in [5.74, 6) is -3.40. The third kappa shape index (κ3) is 2.99. The molecule has 1 nitrogen and oxygen atoms in total. The van der Waals surface area contributed by atoms with Crippen molar-refractivity contribution in [1.82, 2.24) is 0 Å². The predicted molar refractivity (Wildman–Crippen MR) is 51.8 cm³/mol. The Bertz CT molecular complexity index is 328. The van der Waals surface area contributed by atoms with Crippen molar-refractivity contribution in [2.24, 2.45) is 5.73 Å². The first-order valence-electron chi connectivity index (χ1n) is 3.96. The molecule has 14 heavy (non-hydrogen) atoms. The second-order valence-corrected chi connectivity index (χ2v) is 3.84. The molecule has 0 heterocycles. The van der Waals surface area contributed by atoms with Gasteiger partial charge in [0.1, 0.15) is 5.82 Å². The molecule has 0 saturated carbocycles. The molecular weight excluding hydrogens is 259 g/mol. The Hall–Kier alpha value is -0.550. The third-order valence-electron chi connectivity index (χ3n) is 1.75. The van der Waals surface area contributed by atoms with Gasteiger partial charge in [0.15, 0.2) is 0 Å². The van der Waals surface area contributed by atoms with E-state index in [4.69, 9.17) is 5.73 Å². The lowest BCUT2D eigenvalue weighted by Crippen LogP contribution is -2.30. The van der Waals surface area contributed by atoms with E-state index in [1.165, 1.54) is 12.1 Å². The highest BCUT2D eigenvalue weighted by atomic mass is 79.9. The minimum absolute atomic E-state index is 0.183. The Balaban J connectivity index is 2.83. The largest absolute Gasteiger partial charge is 0.325 e. The van der Waals surface area contributed by atoms with Crippen LogP contribution in [0.2, 0.25) is 0 Å². The molecule has 2 N–H and O–H groups in total. The van der Waals surface area contributed by atoms with E-state index in [0.717, 1.165) is 6.07 Å². The minimum atomic E-state index is -2.93. The van der Waals surface area contributed by atoms with Gasteiger partial charge in [0.25, 0.3) is 5.92 Å². The third-order valence-corrected chi connectivity index (χ3v) is 2.35. The summed E-state index contributed by atoms with van der Waals surface area (Å²) >= 11 is 2.92. The van der Waals surface area contributed by atoms with E-state index in [1.807, 2.05) is 0 Å². The lowest BCUT2D eigenvalue weighted by Gasteiger charge is -2.13. The van der Waals surface area contributed by atoms with Crippen molar-refractivity contribution in [3.63, 3.8) is 0 Å². The zero-order valence-corrected chi connectivity index (χ0v) is 8.82. The molecule has 0 atom stereocenters. The maximum atomic E-state index is 12.8. The van der Waals surface area contributed by atoms with Gasteiger partial charge in [-0.05, 0) is 33.6 Å². The summed E-state index contributed by atoms with van der Waals surface area (Å²) < 4.78 is 38.6. The zero-order valence-electron chi connectivity index (χ0n) is 7.24. The quantitative estimate of drug-likeness (QED) is 0.896. The molecule has 0 aliphatic carbocycles. The van der Waals surface area contributed by atoms with Gasteiger partial charge in [0.2, 0.25) is 0 Å². The maximum Gasteiger partial charge on any atom is 0.264 e. The summed E-state index contributed by atoms with van der Waals surface area (Å²) in [5.41, 5.74) is 5.24. The van der Waals surface area contributed by atoms with Crippen LogP contribution in [0.15, 0.2) is 22.7 Å². The fourth-order valence-electron chi connectivity index (χ4n) is 1.02. The molecule has 0 radical (unpaired) electrons. The summed E-state index contributed by atoms with van der Waals surface area (Å²) in [6.45, 7) is -0.706. The van der Waals surface area contributed by atoms with Crippen molar-refractivity contribution >= 4 is 15.9 Å². The van der Waals surface area contributed by atoms with Crippen LogP contribution in [0, 0.1) is 5.82 Å². The van der Waals surface area contributed by atoms with Gasteiger partial charge in [-0.3, -0.25) is 0 Å². The predicted octanol–water partition coefficient (Wildman–Crippen LogP) is 2.72. The number of halogens is 4. The van der Waals surface area contributed by atoms with Crippen LogP contribution in [0.5, 0.6) is 0 Å². The zero-order chi connectivity index (χ0) is 10.8. The number of rotatable bonds is 3. The summed E-state index contributed by atoms with van der Waals surface area (Å²) in [6.07, 6.45) is -0.470. The van der Waals surface area contributed by atoms with Crippen LogP contribution in [0.4, 0.5) is 13.2 Å². The molecule has 78 valence electrons. The van der Waals surface area contributed by atoms with Crippen LogP contribution in [0.25, 0.3) is 0 Å². The van der Waals surface area contributed by atoms with Crippen LogP contribution >= 0.6 is 15.9 Å². The Kier molecular flexibility index (Phi) is 3.55. The van der Waals surface area contributed by atoms with E-state index < -0.39 is 24.7 Å². The lowest BCUT2D eigenvalue weighted by atomic mass is 10.1. The SMILES string of the molecule is NCC(F)(F)Cc1ccc(F)c(Br)c1. The van der Waals surface area contributed by atoms with Crippen molar-refractivity contribution < 1.29 is 13.2 Å². The van der Waals surface area contributed by atoms with Crippen LogP contribution in [-0.2, 0) is 6.42 Å². The molecule has 0 unspecified atom stereocenters. The fraction of sp³-hybridized carbons (Fsp3) is 0.333.